The Labute approximate surface area is 130 Å². The van der Waals surface area contributed by atoms with E-state index in [1.165, 1.54) is 20.3 Å². The molecule has 0 saturated heterocycles. The molecule has 120 valence electrons. The number of benzene rings is 1. The third-order valence-electron chi connectivity index (χ3n) is 3.21. The molecular weight excluding hydrogens is 304 g/mol. The number of hydrogen-bond donors (Lipinski definition) is 1. The number of rotatable bonds is 8. The van der Waals surface area contributed by atoms with Gasteiger partial charge in [-0.05, 0) is 30.7 Å². The molecule has 1 heterocycles. The van der Waals surface area contributed by atoms with Crippen LogP contribution in [0.25, 0.3) is 0 Å². The van der Waals surface area contributed by atoms with E-state index in [9.17, 15) is 8.42 Å². The van der Waals surface area contributed by atoms with E-state index in [2.05, 4.69) is 4.72 Å². The Hall–Kier alpha value is -1.99. The number of nitrogens with one attached hydrogen (secondary N) is 1. The molecule has 0 amide bonds. The van der Waals surface area contributed by atoms with E-state index in [-0.39, 0.29) is 10.6 Å². The van der Waals surface area contributed by atoms with Crippen LogP contribution in [0.4, 0.5) is 0 Å². The van der Waals surface area contributed by atoms with Gasteiger partial charge in [0.1, 0.15) is 16.4 Å². The predicted octanol–water partition coefficient (Wildman–Crippen LogP) is 1.87. The second-order valence-electron chi connectivity index (χ2n) is 4.69. The van der Waals surface area contributed by atoms with E-state index in [1.54, 1.807) is 12.1 Å². The Kier molecular flexibility index (Phi) is 5.46. The first-order valence-electron chi connectivity index (χ1n) is 6.89. The average molecular weight is 324 g/mol. The van der Waals surface area contributed by atoms with Gasteiger partial charge in [-0.2, -0.15) is 0 Å². The molecule has 0 atom stereocenters. The molecule has 2 rings (SSSR count). The molecular formula is C15H20N2O4S. The van der Waals surface area contributed by atoms with E-state index < -0.39 is 10.0 Å². The van der Waals surface area contributed by atoms with Crippen LogP contribution in [0.3, 0.4) is 0 Å². The van der Waals surface area contributed by atoms with Crippen LogP contribution in [0.1, 0.15) is 6.42 Å². The Morgan fingerprint density at radius 3 is 2.50 bits per heavy atom. The van der Waals surface area contributed by atoms with Gasteiger partial charge in [-0.25, -0.2) is 13.1 Å². The summed E-state index contributed by atoms with van der Waals surface area (Å²) in [5, 5.41) is 0. The molecule has 1 aromatic carbocycles. The van der Waals surface area contributed by atoms with Crippen LogP contribution in [0, 0.1) is 0 Å². The summed E-state index contributed by atoms with van der Waals surface area (Å²) in [5.74, 6) is 0.806. The van der Waals surface area contributed by atoms with E-state index in [0.717, 1.165) is 6.54 Å². The van der Waals surface area contributed by atoms with Crippen LogP contribution in [0.5, 0.6) is 11.5 Å². The van der Waals surface area contributed by atoms with Crippen molar-refractivity contribution in [3.05, 3.63) is 42.7 Å². The Morgan fingerprint density at radius 1 is 1.14 bits per heavy atom. The van der Waals surface area contributed by atoms with Crippen molar-refractivity contribution in [3.63, 3.8) is 0 Å². The van der Waals surface area contributed by atoms with Crippen molar-refractivity contribution < 1.29 is 17.9 Å². The second kappa shape index (κ2) is 7.33. The van der Waals surface area contributed by atoms with Gasteiger partial charge in [0.05, 0.1) is 14.2 Å². The molecule has 6 nitrogen and oxygen atoms in total. The van der Waals surface area contributed by atoms with Crippen molar-refractivity contribution in [2.24, 2.45) is 0 Å². The molecule has 0 saturated carbocycles. The monoisotopic (exact) mass is 324 g/mol. The first-order chi connectivity index (χ1) is 10.6. The molecule has 0 fully saturated rings. The Balaban J connectivity index is 2.00. The van der Waals surface area contributed by atoms with Crippen LogP contribution < -0.4 is 14.2 Å². The Morgan fingerprint density at radius 2 is 1.86 bits per heavy atom. The van der Waals surface area contributed by atoms with Gasteiger partial charge in [0.15, 0.2) is 0 Å². The summed E-state index contributed by atoms with van der Waals surface area (Å²) in [7, 11) is -0.662. The smallest absolute Gasteiger partial charge is 0.244 e. The van der Waals surface area contributed by atoms with Crippen molar-refractivity contribution in [1.29, 1.82) is 0 Å². The summed E-state index contributed by atoms with van der Waals surface area (Å²) in [6.45, 7) is 1.12. The van der Waals surface area contributed by atoms with Gasteiger partial charge in [0, 0.05) is 31.5 Å². The second-order valence-corrected chi connectivity index (χ2v) is 6.42. The topological polar surface area (TPSA) is 69.6 Å². The maximum Gasteiger partial charge on any atom is 0.244 e. The van der Waals surface area contributed by atoms with Crippen molar-refractivity contribution in [1.82, 2.24) is 9.29 Å². The molecule has 1 N–H and O–H groups in total. The summed E-state index contributed by atoms with van der Waals surface area (Å²) in [6.07, 6.45) is 4.59. The largest absolute Gasteiger partial charge is 0.497 e. The average Bonchev–Trinajstić information content (AvgIpc) is 3.04. The third-order valence-corrected chi connectivity index (χ3v) is 4.71. The minimum absolute atomic E-state index is 0.108. The van der Waals surface area contributed by atoms with E-state index in [4.69, 9.17) is 9.47 Å². The van der Waals surface area contributed by atoms with Crippen molar-refractivity contribution >= 4 is 10.0 Å². The fourth-order valence-corrected chi connectivity index (χ4v) is 3.28. The fourth-order valence-electron chi connectivity index (χ4n) is 2.06. The normalized spacial score (nSPS) is 11.4. The number of aromatic nitrogens is 1. The number of aryl methyl sites for hydroxylation is 1. The van der Waals surface area contributed by atoms with Gasteiger partial charge < -0.3 is 14.0 Å². The highest BCUT2D eigenvalue weighted by molar-refractivity contribution is 7.89. The SMILES string of the molecule is COc1ccc(S(=O)(=O)NCCCn2cccc2)c(OC)c1. The van der Waals surface area contributed by atoms with Crippen LogP contribution in [-0.2, 0) is 16.6 Å². The molecule has 1 aromatic heterocycles. The number of hydrogen-bond acceptors (Lipinski definition) is 4. The molecule has 22 heavy (non-hydrogen) atoms. The lowest BCUT2D eigenvalue weighted by Crippen LogP contribution is -2.26. The first kappa shape index (κ1) is 16.4. The molecule has 0 aliphatic carbocycles. The summed E-state index contributed by atoms with van der Waals surface area (Å²) in [5.41, 5.74) is 0. The standard InChI is InChI=1S/C15H20N2O4S/c1-20-13-6-7-15(14(12-13)21-2)22(18,19)16-8-5-11-17-9-3-4-10-17/h3-4,6-7,9-10,12,16H,5,8,11H2,1-2H3. The van der Waals surface area contributed by atoms with Crippen LogP contribution in [-0.4, -0.2) is 33.7 Å². The van der Waals surface area contributed by atoms with Gasteiger partial charge in [-0.15, -0.1) is 0 Å². The first-order valence-corrected chi connectivity index (χ1v) is 8.37. The predicted molar refractivity (Wildman–Crippen MR) is 83.8 cm³/mol. The summed E-state index contributed by atoms with van der Waals surface area (Å²) >= 11 is 0. The maximum atomic E-state index is 12.3. The number of methoxy groups -OCH3 is 2. The van der Waals surface area contributed by atoms with Crippen molar-refractivity contribution in [2.75, 3.05) is 20.8 Å². The number of sulfonamides is 1. The minimum Gasteiger partial charge on any atom is -0.497 e. The molecule has 2 aromatic rings. The summed E-state index contributed by atoms with van der Waals surface area (Å²) < 4.78 is 39.5. The molecule has 0 radical (unpaired) electrons. The highest BCUT2D eigenvalue weighted by Crippen LogP contribution is 2.28. The maximum absolute atomic E-state index is 12.3. The number of ether oxygens (including phenoxy) is 2. The molecule has 7 heteroatoms. The van der Waals surface area contributed by atoms with E-state index in [0.29, 0.717) is 18.7 Å². The van der Waals surface area contributed by atoms with Crippen LogP contribution in [0.15, 0.2) is 47.6 Å². The lowest BCUT2D eigenvalue weighted by Gasteiger charge is -2.12. The summed E-state index contributed by atoms with van der Waals surface area (Å²) in [4.78, 5) is 0.108. The lowest BCUT2D eigenvalue weighted by molar-refractivity contribution is 0.386. The van der Waals surface area contributed by atoms with E-state index in [1.807, 2.05) is 29.1 Å². The zero-order valence-corrected chi connectivity index (χ0v) is 13.5. The fraction of sp³-hybridized carbons (Fsp3) is 0.333. The highest BCUT2D eigenvalue weighted by atomic mass is 32.2. The van der Waals surface area contributed by atoms with E-state index >= 15 is 0 Å². The van der Waals surface area contributed by atoms with Gasteiger partial charge in [0.25, 0.3) is 0 Å². The number of nitrogens with zero attached hydrogens (tertiary/aromatic N) is 1. The third kappa shape index (κ3) is 4.02. The van der Waals surface area contributed by atoms with Gasteiger partial charge in [-0.1, -0.05) is 0 Å². The zero-order valence-electron chi connectivity index (χ0n) is 12.7. The Bertz CT molecular complexity index is 696. The molecule has 0 spiro atoms. The minimum atomic E-state index is -3.61. The molecule has 0 aliphatic rings. The summed E-state index contributed by atoms with van der Waals surface area (Å²) in [6, 6.07) is 8.50. The van der Waals surface area contributed by atoms with Gasteiger partial charge >= 0.3 is 0 Å². The van der Waals surface area contributed by atoms with Crippen LogP contribution >= 0.6 is 0 Å². The molecule has 0 bridgehead atoms. The molecule has 0 aliphatic heterocycles. The quantitative estimate of drug-likeness (QED) is 0.753. The van der Waals surface area contributed by atoms with Crippen LogP contribution in [0.2, 0.25) is 0 Å². The highest BCUT2D eigenvalue weighted by Gasteiger charge is 2.19. The van der Waals surface area contributed by atoms with Gasteiger partial charge in [0.2, 0.25) is 10.0 Å². The molecule has 0 unspecified atom stereocenters. The van der Waals surface area contributed by atoms with Crippen molar-refractivity contribution in [3.8, 4) is 11.5 Å². The lowest BCUT2D eigenvalue weighted by atomic mass is 10.3. The zero-order chi connectivity index (χ0) is 16.0. The van der Waals surface area contributed by atoms with Gasteiger partial charge in [-0.3, -0.25) is 0 Å². The van der Waals surface area contributed by atoms with Crippen molar-refractivity contribution in [2.45, 2.75) is 17.9 Å².